The van der Waals surface area contributed by atoms with Crippen LogP contribution in [0.2, 0.25) is 0 Å². The molecule has 1 atom stereocenters. The summed E-state index contributed by atoms with van der Waals surface area (Å²) >= 11 is 0. The van der Waals surface area contributed by atoms with Crippen LogP contribution in [0.5, 0.6) is 5.75 Å². The fourth-order valence-electron chi connectivity index (χ4n) is 4.53. The lowest BCUT2D eigenvalue weighted by molar-refractivity contribution is -0.120. The summed E-state index contributed by atoms with van der Waals surface area (Å²) in [6.07, 6.45) is 3.06. The largest absolute Gasteiger partial charge is 0.494 e. The van der Waals surface area contributed by atoms with Crippen molar-refractivity contribution < 1.29 is 14.3 Å². The van der Waals surface area contributed by atoms with Gasteiger partial charge in [-0.3, -0.25) is 9.59 Å². The molecule has 168 valence electrons. The standard InChI is InChI=1S/C27H32N2O3/c1-5-14-32-23-10-6-9-22(16-23)29-26(30)24(21-12-11-19(3)20(4)15-21)25(27(29)31)28-13-7-8-18(2)17-28/h6,9-12,15-16,18H,5,7-8,13-14,17H2,1-4H3. The van der Waals surface area contributed by atoms with Gasteiger partial charge in [0.05, 0.1) is 17.9 Å². The van der Waals surface area contributed by atoms with Gasteiger partial charge in [-0.1, -0.05) is 38.1 Å². The van der Waals surface area contributed by atoms with Gasteiger partial charge in [-0.2, -0.15) is 0 Å². The van der Waals surface area contributed by atoms with Crippen LogP contribution in [-0.2, 0) is 9.59 Å². The van der Waals surface area contributed by atoms with Crippen molar-refractivity contribution in [1.29, 1.82) is 0 Å². The van der Waals surface area contributed by atoms with E-state index in [2.05, 4.69) is 18.7 Å². The van der Waals surface area contributed by atoms with E-state index in [0.717, 1.165) is 49.0 Å². The van der Waals surface area contributed by atoms with E-state index in [1.54, 1.807) is 12.1 Å². The maximum atomic E-state index is 13.8. The van der Waals surface area contributed by atoms with Crippen molar-refractivity contribution in [1.82, 2.24) is 4.90 Å². The highest BCUT2D eigenvalue weighted by Gasteiger charge is 2.43. The number of imide groups is 1. The molecule has 2 aliphatic rings. The van der Waals surface area contributed by atoms with Crippen molar-refractivity contribution in [2.24, 2.45) is 5.92 Å². The van der Waals surface area contributed by atoms with Crippen LogP contribution in [0.3, 0.4) is 0 Å². The molecule has 2 aromatic rings. The van der Waals surface area contributed by atoms with Crippen LogP contribution in [0, 0.1) is 19.8 Å². The lowest BCUT2D eigenvalue weighted by Crippen LogP contribution is -2.39. The number of carbonyl (C=O) groups is 2. The zero-order valence-electron chi connectivity index (χ0n) is 19.5. The van der Waals surface area contributed by atoms with E-state index in [1.165, 1.54) is 4.90 Å². The van der Waals surface area contributed by atoms with E-state index in [4.69, 9.17) is 4.74 Å². The number of hydrogen-bond donors (Lipinski definition) is 0. The van der Waals surface area contributed by atoms with Crippen molar-refractivity contribution in [2.45, 2.75) is 47.0 Å². The normalized spacial score (nSPS) is 19.2. The predicted molar refractivity (Wildman–Crippen MR) is 128 cm³/mol. The Morgan fingerprint density at radius 1 is 1.03 bits per heavy atom. The lowest BCUT2D eigenvalue weighted by atomic mass is 9.96. The van der Waals surface area contributed by atoms with Crippen molar-refractivity contribution >= 4 is 23.1 Å². The van der Waals surface area contributed by atoms with Gasteiger partial charge in [-0.15, -0.1) is 0 Å². The smallest absolute Gasteiger partial charge is 0.282 e. The fraction of sp³-hybridized carbons (Fsp3) is 0.407. The van der Waals surface area contributed by atoms with Crippen LogP contribution in [-0.4, -0.2) is 36.4 Å². The first kappa shape index (κ1) is 22.1. The van der Waals surface area contributed by atoms with Crippen molar-refractivity contribution in [3.05, 3.63) is 64.9 Å². The first-order chi connectivity index (χ1) is 15.4. The molecule has 2 heterocycles. The van der Waals surface area contributed by atoms with Gasteiger partial charge in [0, 0.05) is 19.2 Å². The molecule has 5 nitrogen and oxygen atoms in total. The first-order valence-corrected chi connectivity index (χ1v) is 11.6. The van der Waals surface area contributed by atoms with E-state index in [9.17, 15) is 9.59 Å². The van der Waals surface area contributed by atoms with Crippen LogP contribution < -0.4 is 9.64 Å². The molecular formula is C27H32N2O3. The Morgan fingerprint density at radius 2 is 1.84 bits per heavy atom. The molecule has 0 saturated carbocycles. The van der Waals surface area contributed by atoms with Crippen LogP contribution in [0.4, 0.5) is 5.69 Å². The summed E-state index contributed by atoms with van der Waals surface area (Å²) in [6, 6.07) is 13.3. The first-order valence-electron chi connectivity index (χ1n) is 11.6. The van der Waals surface area contributed by atoms with Crippen LogP contribution in [0.15, 0.2) is 48.2 Å². The number of hydrogen-bond acceptors (Lipinski definition) is 4. The summed E-state index contributed by atoms with van der Waals surface area (Å²) in [5, 5.41) is 0. The van der Waals surface area contributed by atoms with Gasteiger partial charge in [0.1, 0.15) is 11.4 Å². The van der Waals surface area contributed by atoms with Gasteiger partial charge in [-0.05, 0) is 67.9 Å². The van der Waals surface area contributed by atoms with Gasteiger partial charge in [0.2, 0.25) is 0 Å². The Morgan fingerprint density at radius 3 is 2.56 bits per heavy atom. The molecule has 0 aliphatic carbocycles. The number of ether oxygens (including phenoxy) is 1. The molecule has 2 aromatic carbocycles. The maximum absolute atomic E-state index is 13.8. The number of rotatable bonds is 6. The maximum Gasteiger partial charge on any atom is 0.282 e. The second-order valence-corrected chi connectivity index (χ2v) is 9.01. The number of carbonyl (C=O) groups excluding carboxylic acids is 2. The Labute approximate surface area is 190 Å². The van der Waals surface area contributed by atoms with E-state index < -0.39 is 0 Å². The Balaban J connectivity index is 1.79. The van der Waals surface area contributed by atoms with Gasteiger partial charge in [0.25, 0.3) is 11.8 Å². The number of likely N-dealkylation sites (tertiary alicyclic amines) is 1. The fourth-order valence-corrected chi connectivity index (χ4v) is 4.53. The monoisotopic (exact) mass is 432 g/mol. The second-order valence-electron chi connectivity index (χ2n) is 9.01. The molecular weight excluding hydrogens is 400 g/mol. The third kappa shape index (κ3) is 4.16. The Kier molecular flexibility index (Phi) is 6.35. The Bertz CT molecular complexity index is 1070. The zero-order valence-corrected chi connectivity index (χ0v) is 19.5. The predicted octanol–water partition coefficient (Wildman–Crippen LogP) is 5.11. The Hall–Kier alpha value is -3.08. The minimum Gasteiger partial charge on any atom is -0.494 e. The van der Waals surface area contributed by atoms with Gasteiger partial charge in [0.15, 0.2) is 0 Å². The highest BCUT2D eigenvalue weighted by molar-refractivity contribution is 6.45. The van der Waals surface area contributed by atoms with Crippen LogP contribution >= 0.6 is 0 Å². The molecule has 0 aromatic heterocycles. The molecule has 1 fully saturated rings. The highest BCUT2D eigenvalue weighted by Crippen LogP contribution is 2.37. The number of anilines is 1. The SMILES string of the molecule is CCCOc1cccc(N2C(=O)C(c3ccc(C)c(C)c3)=C(N3CCCC(C)C3)C2=O)c1. The molecule has 1 saturated heterocycles. The summed E-state index contributed by atoms with van der Waals surface area (Å²) < 4.78 is 5.75. The van der Waals surface area contributed by atoms with Crippen molar-refractivity contribution in [2.75, 3.05) is 24.6 Å². The molecule has 1 unspecified atom stereocenters. The van der Waals surface area contributed by atoms with Crippen molar-refractivity contribution in [3.63, 3.8) is 0 Å². The molecule has 5 heteroatoms. The molecule has 0 radical (unpaired) electrons. The minimum absolute atomic E-state index is 0.245. The van der Waals surface area contributed by atoms with Gasteiger partial charge >= 0.3 is 0 Å². The van der Waals surface area contributed by atoms with Crippen LogP contribution in [0.1, 0.15) is 49.8 Å². The number of aryl methyl sites for hydroxylation is 2. The third-order valence-corrected chi connectivity index (χ3v) is 6.38. The van der Waals surface area contributed by atoms with E-state index in [0.29, 0.717) is 35.2 Å². The zero-order chi connectivity index (χ0) is 22.8. The molecule has 0 bridgehead atoms. The van der Waals surface area contributed by atoms with Gasteiger partial charge < -0.3 is 9.64 Å². The lowest BCUT2D eigenvalue weighted by Gasteiger charge is -2.33. The summed E-state index contributed by atoms with van der Waals surface area (Å²) in [5.41, 5.74) is 4.67. The average Bonchev–Trinajstić information content (AvgIpc) is 3.04. The van der Waals surface area contributed by atoms with E-state index >= 15 is 0 Å². The minimum atomic E-state index is -0.265. The van der Waals surface area contributed by atoms with Gasteiger partial charge in [-0.25, -0.2) is 4.90 Å². The molecule has 32 heavy (non-hydrogen) atoms. The molecule has 2 amide bonds. The van der Waals surface area contributed by atoms with E-state index in [1.807, 2.05) is 44.2 Å². The second kappa shape index (κ2) is 9.19. The average molecular weight is 433 g/mol. The van der Waals surface area contributed by atoms with E-state index in [-0.39, 0.29) is 11.8 Å². The summed E-state index contributed by atoms with van der Waals surface area (Å²) in [7, 11) is 0. The highest BCUT2D eigenvalue weighted by atomic mass is 16.5. The third-order valence-electron chi connectivity index (χ3n) is 6.38. The summed E-state index contributed by atoms with van der Waals surface area (Å²) in [6.45, 7) is 10.5. The number of benzene rings is 2. The summed E-state index contributed by atoms with van der Waals surface area (Å²) in [4.78, 5) is 30.9. The molecule has 2 aliphatic heterocycles. The molecule has 0 spiro atoms. The number of nitrogens with zero attached hydrogens (tertiary/aromatic N) is 2. The number of piperidine rings is 1. The molecule has 4 rings (SSSR count). The summed E-state index contributed by atoms with van der Waals surface area (Å²) in [5.74, 6) is 0.641. The molecule has 0 N–H and O–H groups in total. The topological polar surface area (TPSA) is 49.9 Å². The van der Waals surface area contributed by atoms with Crippen molar-refractivity contribution in [3.8, 4) is 5.75 Å². The quantitative estimate of drug-likeness (QED) is 0.596. The number of amides is 2. The van der Waals surface area contributed by atoms with Crippen LogP contribution in [0.25, 0.3) is 5.57 Å².